The van der Waals surface area contributed by atoms with Gasteiger partial charge in [-0.2, -0.15) is 4.31 Å². The zero-order valence-electron chi connectivity index (χ0n) is 17.5. The predicted octanol–water partition coefficient (Wildman–Crippen LogP) is 7.04. The summed E-state index contributed by atoms with van der Waals surface area (Å²) >= 11 is 25.2. The molecule has 0 aliphatic carbocycles. The minimum absolute atomic E-state index is 0.120. The SMILES string of the molecule is O=C1/C(=C/c2c(Cl)cccc2Cl)CN(S(=O)(=O)c2ccccc2)C/C1=C\c1c(Cl)cccc1Cl. The van der Waals surface area contributed by atoms with Gasteiger partial charge in [-0.3, -0.25) is 4.79 Å². The molecule has 0 N–H and O–H groups in total. The Bertz CT molecular complexity index is 1320. The molecule has 0 unspecified atom stereocenters. The third-order valence-electron chi connectivity index (χ3n) is 5.29. The Hall–Kier alpha value is -2.12. The molecule has 0 aromatic heterocycles. The van der Waals surface area contributed by atoms with E-state index < -0.39 is 10.0 Å². The molecule has 0 amide bonds. The van der Waals surface area contributed by atoms with E-state index in [9.17, 15) is 13.2 Å². The lowest BCUT2D eigenvalue weighted by atomic mass is 9.95. The number of halogens is 4. The van der Waals surface area contributed by atoms with Crippen LogP contribution < -0.4 is 0 Å². The topological polar surface area (TPSA) is 54.5 Å². The Kier molecular flexibility index (Phi) is 7.53. The Morgan fingerprint density at radius 1 is 0.647 bits per heavy atom. The van der Waals surface area contributed by atoms with E-state index in [1.54, 1.807) is 54.6 Å². The van der Waals surface area contributed by atoms with Gasteiger partial charge in [-0.1, -0.05) is 76.7 Å². The minimum Gasteiger partial charge on any atom is -0.289 e. The van der Waals surface area contributed by atoms with Crippen LogP contribution in [0.15, 0.2) is 82.8 Å². The number of Topliss-reactive ketones (excluding diaryl/α,β-unsaturated/α-hetero) is 1. The number of ketones is 1. The van der Waals surface area contributed by atoms with Crippen molar-refractivity contribution < 1.29 is 13.2 Å². The van der Waals surface area contributed by atoms with E-state index in [1.165, 1.54) is 28.6 Å². The lowest BCUT2D eigenvalue weighted by Crippen LogP contribution is -2.41. The first kappa shape index (κ1) is 25.0. The van der Waals surface area contributed by atoms with Gasteiger partial charge >= 0.3 is 0 Å². The summed E-state index contributed by atoms with van der Waals surface area (Å²) in [5.41, 5.74) is 1.30. The highest BCUT2D eigenvalue weighted by Gasteiger charge is 2.34. The molecule has 0 atom stereocenters. The molecule has 3 aromatic carbocycles. The maximum absolute atomic E-state index is 13.5. The molecule has 0 radical (unpaired) electrons. The summed E-state index contributed by atoms with van der Waals surface area (Å²) in [6.45, 7) is -0.295. The van der Waals surface area contributed by atoms with Crippen molar-refractivity contribution in [3.05, 3.63) is 109 Å². The average Bonchev–Trinajstić information content (AvgIpc) is 2.81. The molecule has 34 heavy (non-hydrogen) atoms. The Labute approximate surface area is 218 Å². The third-order valence-corrected chi connectivity index (χ3v) is 8.42. The fraction of sp³-hybridized carbons (Fsp3) is 0.0800. The molecule has 4 rings (SSSR count). The van der Waals surface area contributed by atoms with Crippen molar-refractivity contribution in [3.63, 3.8) is 0 Å². The number of benzene rings is 3. The Balaban J connectivity index is 1.87. The average molecular weight is 553 g/mol. The van der Waals surface area contributed by atoms with Crippen LogP contribution in [0.5, 0.6) is 0 Å². The van der Waals surface area contributed by atoms with E-state index in [0.29, 0.717) is 31.2 Å². The van der Waals surface area contributed by atoms with Gasteiger partial charge in [-0.25, -0.2) is 8.42 Å². The van der Waals surface area contributed by atoms with Crippen molar-refractivity contribution in [2.24, 2.45) is 0 Å². The lowest BCUT2D eigenvalue weighted by Gasteiger charge is -2.29. The fourth-order valence-electron chi connectivity index (χ4n) is 3.57. The molecule has 9 heteroatoms. The Morgan fingerprint density at radius 2 is 1.06 bits per heavy atom. The van der Waals surface area contributed by atoms with Crippen molar-refractivity contribution in [1.29, 1.82) is 0 Å². The van der Waals surface area contributed by atoms with Gasteiger partial charge in [0.15, 0.2) is 5.78 Å². The number of carbonyl (C=O) groups excluding carboxylic acids is 1. The second-order valence-electron chi connectivity index (χ2n) is 7.53. The van der Waals surface area contributed by atoms with Gasteiger partial charge in [0.05, 0.1) is 4.90 Å². The molecule has 0 bridgehead atoms. The van der Waals surface area contributed by atoms with E-state index in [0.717, 1.165) is 0 Å². The molecule has 0 spiro atoms. The summed E-state index contributed by atoms with van der Waals surface area (Å²) in [7, 11) is -3.91. The van der Waals surface area contributed by atoms with Gasteiger partial charge in [0, 0.05) is 55.5 Å². The molecular formula is C25H17Cl4NO3S. The summed E-state index contributed by atoms with van der Waals surface area (Å²) in [6.07, 6.45) is 3.06. The second-order valence-corrected chi connectivity index (χ2v) is 11.1. The van der Waals surface area contributed by atoms with Crippen LogP contribution in [-0.2, 0) is 14.8 Å². The molecule has 1 aliphatic heterocycles. The number of hydrogen-bond donors (Lipinski definition) is 0. The third kappa shape index (κ3) is 5.10. The van der Waals surface area contributed by atoms with Gasteiger partial charge in [-0.15, -0.1) is 0 Å². The van der Waals surface area contributed by atoms with E-state index in [4.69, 9.17) is 46.4 Å². The number of nitrogens with zero attached hydrogens (tertiary/aromatic N) is 1. The van der Waals surface area contributed by atoms with Crippen molar-refractivity contribution in [2.45, 2.75) is 4.90 Å². The monoisotopic (exact) mass is 551 g/mol. The first-order valence-electron chi connectivity index (χ1n) is 10.1. The fourth-order valence-corrected chi connectivity index (χ4v) is 6.00. The summed E-state index contributed by atoms with van der Waals surface area (Å²) < 4.78 is 28.1. The van der Waals surface area contributed by atoms with E-state index in [2.05, 4.69) is 0 Å². The molecule has 1 fully saturated rings. The van der Waals surface area contributed by atoms with Crippen molar-refractivity contribution >= 4 is 74.4 Å². The summed E-state index contributed by atoms with van der Waals surface area (Å²) in [5, 5.41) is 1.37. The lowest BCUT2D eigenvalue weighted by molar-refractivity contribution is -0.113. The predicted molar refractivity (Wildman–Crippen MR) is 139 cm³/mol. The highest BCUT2D eigenvalue weighted by molar-refractivity contribution is 7.89. The zero-order valence-corrected chi connectivity index (χ0v) is 21.4. The van der Waals surface area contributed by atoms with Gasteiger partial charge in [0.25, 0.3) is 0 Å². The standard InChI is InChI=1S/C25H17Cl4NO3S/c26-21-8-4-9-22(27)19(21)12-16-14-30(34(32,33)18-6-2-1-3-7-18)15-17(25(16)31)13-20-23(28)10-5-11-24(20)29/h1-13H,14-15H2/b16-12+,17-13+. The highest BCUT2D eigenvalue weighted by atomic mass is 35.5. The minimum atomic E-state index is -3.91. The molecule has 1 heterocycles. The number of carbonyl (C=O) groups is 1. The highest BCUT2D eigenvalue weighted by Crippen LogP contribution is 2.33. The van der Waals surface area contributed by atoms with Gasteiger partial charge in [0.1, 0.15) is 0 Å². The number of hydrogen-bond acceptors (Lipinski definition) is 3. The van der Waals surface area contributed by atoms with Gasteiger partial charge in [0.2, 0.25) is 10.0 Å². The smallest absolute Gasteiger partial charge is 0.243 e. The molecule has 1 aliphatic rings. The van der Waals surface area contributed by atoms with Crippen LogP contribution in [0, 0.1) is 0 Å². The summed E-state index contributed by atoms with van der Waals surface area (Å²) in [4.78, 5) is 13.6. The first-order valence-corrected chi connectivity index (χ1v) is 13.0. The molecule has 1 saturated heterocycles. The van der Waals surface area contributed by atoms with E-state index in [1.807, 2.05) is 0 Å². The van der Waals surface area contributed by atoms with Crippen molar-refractivity contribution in [2.75, 3.05) is 13.1 Å². The summed E-state index contributed by atoms with van der Waals surface area (Å²) in [6, 6.07) is 18.0. The summed E-state index contributed by atoms with van der Waals surface area (Å²) in [5.74, 6) is -0.341. The normalized spacial score (nSPS) is 17.5. The Morgan fingerprint density at radius 3 is 1.47 bits per heavy atom. The molecule has 4 nitrogen and oxygen atoms in total. The van der Waals surface area contributed by atoms with Crippen LogP contribution in [0.25, 0.3) is 12.2 Å². The van der Waals surface area contributed by atoms with Crippen LogP contribution in [0.1, 0.15) is 11.1 Å². The van der Waals surface area contributed by atoms with Crippen LogP contribution in [0.2, 0.25) is 20.1 Å². The molecule has 3 aromatic rings. The maximum atomic E-state index is 13.5. The zero-order chi connectivity index (χ0) is 24.5. The van der Waals surface area contributed by atoms with Crippen LogP contribution >= 0.6 is 46.4 Å². The number of sulfonamides is 1. The maximum Gasteiger partial charge on any atom is 0.243 e. The quantitative estimate of drug-likeness (QED) is 0.326. The largest absolute Gasteiger partial charge is 0.289 e. The number of rotatable bonds is 4. The molecule has 174 valence electrons. The first-order chi connectivity index (χ1) is 16.2. The van der Waals surface area contributed by atoms with Crippen LogP contribution in [-0.4, -0.2) is 31.6 Å². The van der Waals surface area contributed by atoms with Gasteiger partial charge < -0.3 is 0 Å². The van der Waals surface area contributed by atoms with Crippen LogP contribution in [0.3, 0.4) is 0 Å². The van der Waals surface area contributed by atoms with Crippen molar-refractivity contribution in [1.82, 2.24) is 4.31 Å². The second kappa shape index (κ2) is 10.2. The van der Waals surface area contributed by atoms with Crippen molar-refractivity contribution in [3.8, 4) is 0 Å². The molecular weight excluding hydrogens is 536 g/mol. The molecule has 0 saturated carbocycles. The van der Waals surface area contributed by atoms with Crippen LogP contribution in [0.4, 0.5) is 0 Å². The van der Waals surface area contributed by atoms with Gasteiger partial charge in [-0.05, 0) is 48.6 Å². The van der Waals surface area contributed by atoms with E-state index >= 15 is 0 Å². The van der Waals surface area contributed by atoms with E-state index in [-0.39, 0.29) is 34.9 Å². The number of piperidine rings is 1.